The fourth-order valence-corrected chi connectivity index (χ4v) is 2.88. The molecule has 2 rings (SSSR count). The van der Waals surface area contributed by atoms with E-state index in [1.54, 1.807) is 18.9 Å². The Morgan fingerprint density at radius 2 is 1.96 bits per heavy atom. The predicted octanol–water partition coefficient (Wildman–Crippen LogP) is 2.16. The van der Waals surface area contributed by atoms with Crippen LogP contribution in [0.4, 0.5) is 9.59 Å². The average Bonchev–Trinajstić information content (AvgIpc) is 2.63. The van der Waals surface area contributed by atoms with Gasteiger partial charge in [0, 0.05) is 25.7 Å². The summed E-state index contributed by atoms with van der Waals surface area (Å²) in [5.74, 6) is 0.830. The number of nitrogens with zero attached hydrogens (tertiary/aromatic N) is 1. The van der Waals surface area contributed by atoms with Crippen molar-refractivity contribution in [3.63, 3.8) is 0 Å². The van der Waals surface area contributed by atoms with Crippen LogP contribution >= 0.6 is 0 Å². The van der Waals surface area contributed by atoms with Gasteiger partial charge in [0.2, 0.25) is 0 Å². The molecule has 1 aliphatic heterocycles. The fraction of sp³-hybridized carbons (Fsp3) is 0.556. The topological polar surface area (TPSA) is 79.9 Å². The molecule has 0 bridgehead atoms. The van der Waals surface area contributed by atoms with Gasteiger partial charge in [-0.15, -0.1) is 0 Å². The van der Waals surface area contributed by atoms with Crippen molar-refractivity contribution >= 4 is 12.1 Å². The molecule has 1 aliphatic rings. The van der Waals surface area contributed by atoms with E-state index in [2.05, 4.69) is 10.6 Å². The second-order valence-electron chi connectivity index (χ2n) is 5.92. The van der Waals surface area contributed by atoms with Gasteiger partial charge in [0.25, 0.3) is 0 Å². The number of hydrogen-bond acceptors (Lipinski definition) is 4. The fourth-order valence-electron chi connectivity index (χ4n) is 2.88. The van der Waals surface area contributed by atoms with Gasteiger partial charge in [0.1, 0.15) is 5.75 Å². The molecule has 0 unspecified atom stereocenters. The van der Waals surface area contributed by atoms with Crippen molar-refractivity contribution in [3.8, 4) is 5.75 Å². The first-order valence-electron chi connectivity index (χ1n) is 8.72. The highest BCUT2D eigenvalue weighted by atomic mass is 16.6. The molecule has 0 spiro atoms. The van der Waals surface area contributed by atoms with Crippen molar-refractivity contribution in [2.75, 3.05) is 33.4 Å². The molecule has 7 heteroatoms. The van der Waals surface area contributed by atoms with E-state index >= 15 is 0 Å². The molecule has 0 saturated carbocycles. The molecule has 1 saturated heterocycles. The van der Waals surface area contributed by atoms with Crippen molar-refractivity contribution in [3.05, 3.63) is 29.8 Å². The molecular formula is C18H27N3O4. The lowest BCUT2D eigenvalue weighted by atomic mass is 10.1. The van der Waals surface area contributed by atoms with Crippen LogP contribution in [0.5, 0.6) is 5.75 Å². The number of carbonyl (C=O) groups is 2. The minimum atomic E-state index is -0.276. The van der Waals surface area contributed by atoms with Crippen LogP contribution in [-0.4, -0.2) is 56.4 Å². The quantitative estimate of drug-likeness (QED) is 0.825. The number of rotatable bonds is 6. The number of carbonyl (C=O) groups excluding carboxylic acids is 2. The molecule has 25 heavy (non-hydrogen) atoms. The third kappa shape index (κ3) is 5.85. The van der Waals surface area contributed by atoms with Crippen molar-refractivity contribution in [2.45, 2.75) is 32.2 Å². The van der Waals surface area contributed by atoms with Crippen molar-refractivity contribution < 1.29 is 19.1 Å². The van der Waals surface area contributed by atoms with Crippen molar-refractivity contribution in [1.29, 1.82) is 0 Å². The predicted molar refractivity (Wildman–Crippen MR) is 94.8 cm³/mol. The number of amides is 3. The highest BCUT2D eigenvalue weighted by Gasteiger charge is 2.24. The van der Waals surface area contributed by atoms with Crippen LogP contribution < -0.4 is 15.4 Å². The van der Waals surface area contributed by atoms with Crippen LogP contribution in [0, 0.1) is 0 Å². The summed E-state index contributed by atoms with van der Waals surface area (Å²) in [6.07, 6.45) is 1.90. The summed E-state index contributed by atoms with van der Waals surface area (Å²) in [5, 5.41) is 5.84. The van der Waals surface area contributed by atoms with Gasteiger partial charge in [0.05, 0.1) is 13.7 Å². The molecule has 1 aromatic rings. The molecule has 7 nitrogen and oxygen atoms in total. The standard InChI is InChI=1S/C18H27N3O4/c1-3-25-18(23)21-12-9-15(10-13-21)20-17(22)19-11-8-14-6-4-5-7-16(14)24-2/h4-7,15H,3,8-13H2,1-2H3,(H2,19,20,22). The molecule has 2 N–H and O–H groups in total. The molecule has 1 heterocycles. The average molecular weight is 349 g/mol. The van der Waals surface area contributed by atoms with E-state index in [0.717, 1.165) is 24.2 Å². The first-order valence-corrected chi connectivity index (χ1v) is 8.72. The Bertz CT molecular complexity index is 571. The Hall–Kier alpha value is -2.44. The Labute approximate surface area is 148 Å². The Morgan fingerprint density at radius 1 is 1.24 bits per heavy atom. The normalized spacial score (nSPS) is 14.7. The maximum atomic E-state index is 12.0. The highest BCUT2D eigenvalue weighted by Crippen LogP contribution is 2.17. The molecule has 3 amide bonds. The Kier molecular flexibility index (Phi) is 7.37. The first kappa shape index (κ1) is 18.9. The molecule has 0 radical (unpaired) electrons. The summed E-state index contributed by atoms with van der Waals surface area (Å²) in [7, 11) is 1.64. The number of urea groups is 1. The van der Waals surface area contributed by atoms with E-state index < -0.39 is 0 Å². The number of likely N-dealkylation sites (tertiary alicyclic amines) is 1. The van der Waals surface area contributed by atoms with Crippen molar-refractivity contribution in [1.82, 2.24) is 15.5 Å². The number of nitrogens with one attached hydrogen (secondary N) is 2. The molecule has 0 aromatic heterocycles. The third-order valence-corrected chi connectivity index (χ3v) is 4.23. The lowest BCUT2D eigenvalue weighted by Crippen LogP contribution is -2.49. The first-order chi connectivity index (χ1) is 12.1. The zero-order valence-electron chi connectivity index (χ0n) is 14.9. The lowest BCUT2D eigenvalue weighted by molar-refractivity contribution is 0.0957. The van der Waals surface area contributed by atoms with Crippen LogP contribution in [0.15, 0.2) is 24.3 Å². The number of benzene rings is 1. The van der Waals surface area contributed by atoms with Crippen LogP contribution in [-0.2, 0) is 11.2 Å². The minimum Gasteiger partial charge on any atom is -0.496 e. The largest absolute Gasteiger partial charge is 0.496 e. The van der Waals surface area contributed by atoms with Crippen LogP contribution in [0.1, 0.15) is 25.3 Å². The molecule has 1 fully saturated rings. The van der Waals surface area contributed by atoms with Crippen LogP contribution in [0.25, 0.3) is 0 Å². The van der Waals surface area contributed by atoms with Gasteiger partial charge in [-0.25, -0.2) is 9.59 Å². The molecule has 1 aromatic carbocycles. The SMILES string of the molecule is CCOC(=O)N1CCC(NC(=O)NCCc2ccccc2OC)CC1. The van der Waals surface area contributed by atoms with Gasteiger partial charge in [-0.05, 0) is 37.8 Å². The van der Waals surface area contributed by atoms with Gasteiger partial charge < -0.3 is 25.0 Å². The molecular weight excluding hydrogens is 322 g/mol. The van der Waals surface area contributed by atoms with E-state index in [0.29, 0.717) is 32.7 Å². The van der Waals surface area contributed by atoms with E-state index in [1.165, 1.54) is 0 Å². The zero-order chi connectivity index (χ0) is 18.1. The monoisotopic (exact) mass is 349 g/mol. The van der Waals surface area contributed by atoms with Crippen molar-refractivity contribution in [2.24, 2.45) is 0 Å². The van der Waals surface area contributed by atoms with Crippen LogP contribution in [0.3, 0.4) is 0 Å². The van der Waals surface area contributed by atoms with Gasteiger partial charge in [0.15, 0.2) is 0 Å². The van der Waals surface area contributed by atoms with E-state index in [-0.39, 0.29) is 18.2 Å². The Morgan fingerprint density at radius 3 is 2.64 bits per heavy atom. The van der Waals surface area contributed by atoms with Gasteiger partial charge >= 0.3 is 12.1 Å². The number of piperidine rings is 1. The summed E-state index contributed by atoms with van der Waals surface area (Å²) in [4.78, 5) is 25.3. The van der Waals surface area contributed by atoms with Gasteiger partial charge in [-0.3, -0.25) is 0 Å². The van der Waals surface area contributed by atoms with Gasteiger partial charge in [-0.1, -0.05) is 18.2 Å². The summed E-state index contributed by atoms with van der Waals surface area (Å²) in [5.41, 5.74) is 1.06. The lowest BCUT2D eigenvalue weighted by Gasteiger charge is -2.31. The summed E-state index contributed by atoms with van der Waals surface area (Å²) in [6.45, 7) is 3.91. The number of hydrogen-bond donors (Lipinski definition) is 2. The highest BCUT2D eigenvalue weighted by molar-refractivity contribution is 5.74. The molecule has 0 atom stereocenters. The summed E-state index contributed by atoms with van der Waals surface area (Å²) in [6, 6.07) is 7.68. The maximum absolute atomic E-state index is 12.0. The number of methoxy groups -OCH3 is 1. The third-order valence-electron chi connectivity index (χ3n) is 4.23. The zero-order valence-corrected chi connectivity index (χ0v) is 14.9. The minimum absolute atomic E-state index is 0.0805. The van der Waals surface area contributed by atoms with Crippen LogP contribution in [0.2, 0.25) is 0 Å². The Balaban J connectivity index is 1.67. The summed E-state index contributed by atoms with van der Waals surface area (Å²) < 4.78 is 10.3. The summed E-state index contributed by atoms with van der Waals surface area (Å²) >= 11 is 0. The van der Waals surface area contributed by atoms with Gasteiger partial charge in [-0.2, -0.15) is 0 Å². The van der Waals surface area contributed by atoms with E-state index in [9.17, 15) is 9.59 Å². The maximum Gasteiger partial charge on any atom is 0.409 e. The molecule has 138 valence electrons. The second-order valence-corrected chi connectivity index (χ2v) is 5.92. The number of ether oxygens (including phenoxy) is 2. The molecule has 0 aliphatic carbocycles. The van der Waals surface area contributed by atoms with E-state index in [1.807, 2.05) is 24.3 Å². The van der Waals surface area contributed by atoms with E-state index in [4.69, 9.17) is 9.47 Å². The smallest absolute Gasteiger partial charge is 0.409 e. The second kappa shape index (κ2) is 9.76. The number of para-hydroxylation sites is 1.